The number of hydrogen-bond acceptors (Lipinski definition) is 3. The molecule has 1 saturated heterocycles. The van der Waals surface area contributed by atoms with E-state index in [1.54, 1.807) is 0 Å². The summed E-state index contributed by atoms with van der Waals surface area (Å²) in [5.74, 6) is 0. The lowest BCUT2D eigenvalue weighted by molar-refractivity contribution is -0.00402. The molecule has 2 aliphatic rings. The van der Waals surface area contributed by atoms with Crippen LogP contribution in [0.5, 0.6) is 0 Å². The third kappa shape index (κ3) is 3.20. The Labute approximate surface area is 98.4 Å². The van der Waals surface area contributed by atoms with Crippen LogP contribution in [0.2, 0.25) is 0 Å². The predicted octanol–water partition coefficient (Wildman–Crippen LogP) is 2.18. The van der Waals surface area contributed by atoms with Crippen molar-refractivity contribution in [2.75, 3.05) is 26.7 Å². The van der Waals surface area contributed by atoms with Gasteiger partial charge in [0.05, 0.1) is 12.2 Å². The summed E-state index contributed by atoms with van der Waals surface area (Å²) in [6.07, 6.45) is 7.35. The average molecular weight is 222 g/mol. The molecule has 0 aromatic rings. The van der Waals surface area contributed by atoms with Crippen LogP contribution in [0.1, 0.15) is 38.5 Å². The van der Waals surface area contributed by atoms with Gasteiger partial charge in [0.2, 0.25) is 0 Å². The first-order chi connectivity index (χ1) is 7.74. The molecule has 0 bridgehead atoms. The minimum atomic E-state index is 0.332. The van der Waals surface area contributed by atoms with Crippen LogP contribution in [0.15, 0.2) is 0 Å². The number of likely N-dealkylation sites (N-methyl/N-ethyl adjacent to an activating group) is 1. The normalized spacial score (nSPS) is 27.7. The second kappa shape index (κ2) is 5.16. The largest absolute Gasteiger partial charge is 0.377 e. The first kappa shape index (κ1) is 11.9. The van der Waals surface area contributed by atoms with Crippen molar-refractivity contribution in [1.29, 1.82) is 5.26 Å². The summed E-state index contributed by atoms with van der Waals surface area (Å²) < 4.78 is 5.74. The lowest BCUT2D eigenvalue weighted by Crippen LogP contribution is -2.36. The lowest BCUT2D eigenvalue weighted by Gasteiger charge is -2.29. The van der Waals surface area contributed by atoms with Crippen molar-refractivity contribution < 1.29 is 4.74 Å². The summed E-state index contributed by atoms with van der Waals surface area (Å²) in [5.41, 5.74) is 0.332. The van der Waals surface area contributed by atoms with Crippen molar-refractivity contribution in [3.05, 3.63) is 0 Å². The van der Waals surface area contributed by atoms with Gasteiger partial charge >= 0.3 is 0 Å². The first-order valence-corrected chi connectivity index (χ1v) is 6.41. The van der Waals surface area contributed by atoms with Gasteiger partial charge in [0.1, 0.15) is 0 Å². The third-order valence-corrected chi connectivity index (χ3v) is 3.81. The Balaban J connectivity index is 1.71. The van der Waals surface area contributed by atoms with Gasteiger partial charge in [-0.3, -0.25) is 0 Å². The summed E-state index contributed by atoms with van der Waals surface area (Å²) in [6.45, 7) is 3.04. The number of nitrogens with zero attached hydrogens (tertiary/aromatic N) is 2. The molecule has 0 radical (unpaired) electrons. The first-order valence-electron chi connectivity index (χ1n) is 6.41. The van der Waals surface area contributed by atoms with Crippen LogP contribution in [0.3, 0.4) is 0 Å². The van der Waals surface area contributed by atoms with Crippen molar-refractivity contribution in [1.82, 2.24) is 4.90 Å². The van der Waals surface area contributed by atoms with E-state index < -0.39 is 0 Å². The number of ether oxygens (including phenoxy) is 1. The van der Waals surface area contributed by atoms with Crippen molar-refractivity contribution in [2.24, 2.45) is 5.41 Å². The maximum absolute atomic E-state index is 8.78. The molecule has 90 valence electrons. The van der Waals surface area contributed by atoms with Crippen LogP contribution in [-0.2, 0) is 4.74 Å². The molecule has 0 aromatic carbocycles. The van der Waals surface area contributed by atoms with Gasteiger partial charge in [-0.05, 0) is 44.6 Å². The van der Waals surface area contributed by atoms with Gasteiger partial charge in [0.25, 0.3) is 0 Å². The zero-order valence-corrected chi connectivity index (χ0v) is 10.2. The van der Waals surface area contributed by atoms with E-state index in [1.807, 2.05) is 0 Å². The van der Waals surface area contributed by atoms with E-state index in [0.29, 0.717) is 11.5 Å². The molecule has 1 heterocycles. The van der Waals surface area contributed by atoms with Crippen LogP contribution in [0.25, 0.3) is 0 Å². The molecule has 0 spiro atoms. The molecule has 0 amide bonds. The summed E-state index contributed by atoms with van der Waals surface area (Å²) in [7, 11) is 2.16. The Kier molecular flexibility index (Phi) is 3.83. The monoisotopic (exact) mass is 222 g/mol. The molecule has 1 atom stereocenters. The highest BCUT2D eigenvalue weighted by atomic mass is 16.5. The third-order valence-electron chi connectivity index (χ3n) is 3.81. The van der Waals surface area contributed by atoms with Crippen molar-refractivity contribution in [3.63, 3.8) is 0 Å². The lowest BCUT2D eigenvalue weighted by atomic mass is 10.0. The fourth-order valence-corrected chi connectivity index (χ4v) is 2.67. The number of nitriles is 1. The highest BCUT2D eigenvalue weighted by molar-refractivity contribution is 5.01. The Hall–Kier alpha value is -0.590. The molecule has 1 unspecified atom stereocenters. The van der Waals surface area contributed by atoms with E-state index in [9.17, 15) is 0 Å². The maximum Gasteiger partial charge on any atom is 0.0701 e. The van der Waals surface area contributed by atoms with Crippen molar-refractivity contribution in [3.8, 4) is 6.07 Å². The SMILES string of the molecule is CN(CC1CCCCO1)CC1(CC#N)CC1. The van der Waals surface area contributed by atoms with Crippen molar-refractivity contribution in [2.45, 2.75) is 44.6 Å². The van der Waals surface area contributed by atoms with Gasteiger partial charge < -0.3 is 9.64 Å². The average Bonchev–Trinajstić information content (AvgIpc) is 2.99. The Morgan fingerprint density at radius 1 is 1.44 bits per heavy atom. The second-order valence-corrected chi connectivity index (χ2v) is 5.52. The summed E-state index contributed by atoms with van der Waals surface area (Å²) in [4.78, 5) is 2.36. The van der Waals surface area contributed by atoms with Gasteiger partial charge in [-0.25, -0.2) is 0 Å². The fraction of sp³-hybridized carbons (Fsp3) is 0.923. The van der Waals surface area contributed by atoms with Gasteiger partial charge in [0.15, 0.2) is 0 Å². The van der Waals surface area contributed by atoms with Crippen LogP contribution in [-0.4, -0.2) is 37.7 Å². The molecular formula is C13H22N2O. The Bertz CT molecular complexity index is 262. The maximum atomic E-state index is 8.78. The second-order valence-electron chi connectivity index (χ2n) is 5.52. The number of hydrogen-bond donors (Lipinski definition) is 0. The topological polar surface area (TPSA) is 36.3 Å². The predicted molar refractivity (Wildman–Crippen MR) is 63.0 cm³/mol. The summed E-state index contributed by atoms with van der Waals surface area (Å²) >= 11 is 0. The van der Waals surface area contributed by atoms with Crippen LogP contribution < -0.4 is 0 Å². The van der Waals surface area contributed by atoms with Gasteiger partial charge in [-0.2, -0.15) is 5.26 Å². The van der Waals surface area contributed by atoms with E-state index in [2.05, 4.69) is 18.0 Å². The molecule has 3 nitrogen and oxygen atoms in total. The summed E-state index contributed by atoms with van der Waals surface area (Å²) in [6, 6.07) is 2.32. The molecule has 1 saturated carbocycles. The Morgan fingerprint density at radius 2 is 2.25 bits per heavy atom. The van der Waals surface area contributed by atoms with Gasteiger partial charge in [-0.15, -0.1) is 0 Å². The minimum absolute atomic E-state index is 0.332. The van der Waals surface area contributed by atoms with Gasteiger partial charge in [-0.1, -0.05) is 0 Å². The molecule has 2 fully saturated rings. The zero-order chi connectivity index (χ0) is 11.4. The van der Waals surface area contributed by atoms with Crippen LogP contribution in [0.4, 0.5) is 0 Å². The molecule has 16 heavy (non-hydrogen) atoms. The van der Waals surface area contributed by atoms with E-state index in [4.69, 9.17) is 10.00 Å². The smallest absolute Gasteiger partial charge is 0.0701 e. The molecule has 3 heteroatoms. The molecule has 1 aliphatic carbocycles. The van der Waals surface area contributed by atoms with E-state index >= 15 is 0 Å². The Morgan fingerprint density at radius 3 is 2.81 bits per heavy atom. The minimum Gasteiger partial charge on any atom is -0.377 e. The molecule has 1 aliphatic heterocycles. The van der Waals surface area contributed by atoms with E-state index in [-0.39, 0.29) is 0 Å². The highest BCUT2D eigenvalue weighted by Crippen LogP contribution is 2.48. The molecule has 0 aromatic heterocycles. The quantitative estimate of drug-likeness (QED) is 0.715. The standard InChI is InChI=1S/C13H22N2O/c1-15(10-12-4-2-3-9-16-12)11-13(5-6-13)7-8-14/h12H,2-7,9-11H2,1H3. The van der Waals surface area contributed by atoms with E-state index in [0.717, 1.165) is 26.1 Å². The fourth-order valence-electron chi connectivity index (χ4n) is 2.67. The zero-order valence-electron chi connectivity index (χ0n) is 10.2. The van der Waals surface area contributed by atoms with Crippen molar-refractivity contribution >= 4 is 0 Å². The van der Waals surface area contributed by atoms with E-state index in [1.165, 1.54) is 32.1 Å². The highest BCUT2D eigenvalue weighted by Gasteiger charge is 2.43. The van der Waals surface area contributed by atoms with Gasteiger partial charge in [0, 0.05) is 26.1 Å². The molecule has 2 rings (SSSR count). The molecular weight excluding hydrogens is 200 g/mol. The number of rotatable bonds is 5. The van der Waals surface area contributed by atoms with Crippen LogP contribution >= 0.6 is 0 Å². The molecule has 0 N–H and O–H groups in total. The van der Waals surface area contributed by atoms with Crippen LogP contribution in [0, 0.1) is 16.7 Å². The summed E-state index contributed by atoms with van der Waals surface area (Å²) in [5, 5.41) is 8.78.